The molecule has 0 bridgehead atoms. The maximum absolute atomic E-state index is 12.0. The lowest BCUT2D eigenvalue weighted by atomic mass is 10.2. The molecule has 0 radical (unpaired) electrons. The van der Waals surface area contributed by atoms with Crippen LogP contribution >= 0.6 is 23.2 Å². The van der Waals surface area contributed by atoms with Crippen LogP contribution in [0.4, 0.5) is 5.69 Å². The quantitative estimate of drug-likeness (QED) is 0.767. The van der Waals surface area contributed by atoms with E-state index in [0.29, 0.717) is 22.2 Å². The van der Waals surface area contributed by atoms with Crippen LogP contribution in [0.15, 0.2) is 36.4 Å². The highest BCUT2D eigenvalue weighted by atomic mass is 35.5. The Morgan fingerprint density at radius 3 is 2.44 bits per heavy atom. The molecular formula is C17H15Cl2NO5. The number of hydrogen-bond acceptors (Lipinski definition) is 5. The third-order valence-corrected chi connectivity index (χ3v) is 3.72. The van der Waals surface area contributed by atoms with Crippen molar-refractivity contribution in [3.63, 3.8) is 0 Å². The lowest BCUT2D eigenvalue weighted by molar-refractivity contribution is -0.119. The molecule has 0 saturated heterocycles. The van der Waals surface area contributed by atoms with Gasteiger partial charge < -0.3 is 19.5 Å². The van der Waals surface area contributed by atoms with Crippen molar-refractivity contribution in [2.75, 3.05) is 26.1 Å². The number of esters is 1. The number of halogens is 2. The molecule has 2 aromatic rings. The molecule has 0 unspecified atom stereocenters. The van der Waals surface area contributed by atoms with E-state index < -0.39 is 18.5 Å². The predicted octanol–water partition coefficient (Wildman–Crippen LogP) is 3.81. The van der Waals surface area contributed by atoms with Crippen LogP contribution in [0, 0.1) is 0 Å². The van der Waals surface area contributed by atoms with E-state index in [2.05, 4.69) is 5.32 Å². The van der Waals surface area contributed by atoms with Crippen LogP contribution in [0.5, 0.6) is 11.5 Å². The summed E-state index contributed by atoms with van der Waals surface area (Å²) in [4.78, 5) is 23.9. The van der Waals surface area contributed by atoms with Crippen molar-refractivity contribution < 1.29 is 23.8 Å². The fourth-order valence-corrected chi connectivity index (χ4v) is 2.44. The number of nitrogens with one attached hydrogen (secondary N) is 1. The van der Waals surface area contributed by atoms with Crippen molar-refractivity contribution in [3.05, 3.63) is 52.0 Å². The zero-order valence-electron chi connectivity index (χ0n) is 13.5. The molecular weight excluding hydrogens is 369 g/mol. The summed E-state index contributed by atoms with van der Waals surface area (Å²) >= 11 is 11.7. The Kier molecular flexibility index (Phi) is 6.50. The normalized spacial score (nSPS) is 10.1. The highest BCUT2D eigenvalue weighted by Crippen LogP contribution is 2.29. The molecule has 8 heteroatoms. The van der Waals surface area contributed by atoms with Crippen molar-refractivity contribution in [3.8, 4) is 11.5 Å². The third kappa shape index (κ3) is 5.01. The Balaban J connectivity index is 1.98. The Labute approximate surface area is 154 Å². The summed E-state index contributed by atoms with van der Waals surface area (Å²) in [5, 5.41) is 3.13. The number of anilines is 1. The van der Waals surface area contributed by atoms with Gasteiger partial charge in [-0.15, -0.1) is 0 Å². The Hall–Kier alpha value is -2.44. The van der Waals surface area contributed by atoms with Gasteiger partial charge in [0.05, 0.1) is 30.5 Å². The van der Waals surface area contributed by atoms with Crippen LogP contribution in [0.2, 0.25) is 10.0 Å². The zero-order valence-corrected chi connectivity index (χ0v) is 15.0. The number of amides is 1. The standard InChI is InChI=1S/C17H15Cl2NO5/c1-23-11-4-6-14(15(8-11)24-2)20-16(21)9-25-17(22)12-5-3-10(18)7-13(12)19/h3-8H,9H2,1-2H3,(H,20,21). The van der Waals surface area contributed by atoms with Crippen molar-refractivity contribution in [1.82, 2.24) is 0 Å². The average molecular weight is 384 g/mol. The van der Waals surface area contributed by atoms with E-state index in [0.717, 1.165) is 0 Å². The summed E-state index contributed by atoms with van der Waals surface area (Å²) in [6.07, 6.45) is 0. The fraction of sp³-hybridized carbons (Fsp3) is 0.176. The summed E-state index contributed by atoms with van der Waals surface area (Å²) in [6, 6.07) is 9.26. The first kappa shape index (κ1) is 18.9. The zero-order chi connectivity index (χ0) is 18.4. The molecule has 0 fully saturated rings. The molecule has 0 aromatic heterocycles. The smallest absolute Gasteiger partial charge is 0.340 e. The Morgan fingerprint density at radius 1 is 1.04 bits per heavy atom. The number of carbonyl (C=O) groups excluding carboxylic acids is 2. The third-order valence-electron chi connectivity index (χ3n) is 3.17. The van der Waals surface area contributed by atoms with E-state index in [4.69, 9.17) is 37.4 Å². The van der Waals surface area contributed by atoms with Gasteiger partial charge in [0.15, 0.2) is 6.61 Å². The molecule has 0 aliphatic rings. The van der Waals surface area contributed by atoms with E-state index in [-0.39, 0.29) is 10.6 Å². The van der Waals surface area contributed by atoms with Gasteiger partial charge in [0.25, 0.3) is 5.91 Å². The van der Waals surface area contributed by atoms with Crippen LogP contribution < -0.4 is 14.8 Å². The molecule has 2 rings (SSSR count). The number of hydrogen-bond donors (Lipinski definition) is 1. The van der Waals surface area contributed by atoms with Crippen LogP contribution in [-0.2, 0) is 9.53 Å². The molecule has 25 heavy (non-hydrogen) atoms. The molecule has 0 spiro atoms. The number of benzene rings is 2. The molecule has 6 nitrogen and oxygen atoms in total. The second kappa shape index (κ2) is 8.60. The minimum Gasteiger partial charge on any atom is -0.497 e. The highest BCUT2D eigenvalue weighted by molar-refractivity contribution is 6.36. The van der Waals surface area contributed by atoms with E-state index >= 15 is 0 Å². The molecule has 0 aliphatic carbocycles. The van der Waals surface area contributed by atoms with Gasteiger partial charge in [0.1, 0.15) is 11.5 Å². The van der Waals surface area contributed by atoms with Crippen molar-refractivity contribution in [2.24, 2.45) is 0 Å². The van der Waals surface area contributed by atoms with Gasteiger partial charge in [0.2, 0.25) is 0 Å². The number of rotatable bonds is 6. The molecule has 2 aromatic carbocycles. The molecule has 132 valence electrons. The van der Waals surface area contributed by atoms with Crippen molar-refractivity contribution >= 4 is 40.8 Å². The van der Waals surface area contributed by atoms with E-state index in [9.17, 15) is 9.59 Å². The van der Waals surface area contributed by atoms with Crippen LogP contribution in [0.3, 0.4) is 0 Å². The lowest BCUT2D eigenvalue weighted by Gasteiger charge is -2.12. The molecule has 0 heterocycles. The van der Waals surface area contributed by atoms with Gasteiger partial charge >= 0.3 is 5.97 Å². The molecule has 1 N–H and O–H groups in total. The molecule has 1 amide bonds. The van der Waals surface area contributed by atoms with E-state index in [1.54, 1.807) is 18.2 Å². The summed E-state index contributed by atoms with van der Waals surface area (Å²) < 4.78 is 15.2. The minimum absolute atomic E-state index is 0.126. The lowest BCUT2D eigenvalue weighted by Crippen LogP contribution is -2.21. The topological polar surface area (TPSA) is 73.9 Å². The molecule has 0 atom stereocenters. The second-order valence-electron chi connectivity index (χ2n) is 4.81. The number of methoxy groups -OCH3 is 2. The van der Waals surface area contributed by atoms with Gasteiger partial charge in [-0.25, -0.2) is 4.79 Å². The first-order valence-electron chi connectivity index (χ1n) is 7.08. The van der Waals surface area contributed by atoms with Crippen molar-refractivity contribution in [1.29, 1.82) is 0 Å². The first-order valence-corrected chi connectivity index (χ1v) is 7.84. The summed E-state index contributed by atoms with van der Waals surface area (Å²) in [5.74, 6) is -0.251. The van der Waals surface area contributed by atoms with Crippen molar-refractivity contribution in [2.45, 2.75) is 0 Å². The number of carbonyl (C=O) groups is 2. The van der Waals surface area contributed by atoms with Crippen LogP contribution in [0.25, 0.3) is 0 Å². The summed E-state index contributed by atoms with van der Waals surface area (Å²) in [6.45, 7) is -0.479. The maximum atomic E-state index is 12.0. The average Bonchev–Trinajstić information content (AvgIpc) is 2.60. The molecule has 0 saturated carbocycles. The SMILES string of the molecule is COc1ccc(NC(=O)COC(=O)c2ccc(Cl)cc2Cl)c(OC)c1. The second-order valence-corrected chi connectivity index (χ2v) is 5.66. The van der Waals surface area contributed by atoms with Gasteiger partial charge in [-0.05, 0) is 30.3 Å². The maximum Gasteiger partial charge on any atom is 0.340 e. The predicted molar refractivity (Wildman–Crippen MR) is 94.9 cm³/mol. The summed E-state index contributed by atoms with van der Waals surface area (Å²) in [5.41, 5.74) is 0.551. The highest BCUT2D eigenvalue weighted by Gasteiger charge is 2.15. The summed E-state index contributed by atoms with van der Waals surface area (Å²) in [7, 11) is 2.99. The van der Waals surface area contributed by atoms with E-state index in [1.165, 1.54) is 32.4 Å². The Morgan fingerprint density at radius 2 is 1.80 bits per heavy atom. The van der Waals surface area contributed by atoms with Gasteiger partial charge in [-0.1, -0.05) is 23.2 Å². The van der Waals surface area contributed by atoms with Gasteiger partial charge in [0, 0.05) is 11.1 Å². The van der Waals surface area contributed by atoms with E-state index in [1.807, 2.05) is 0 Å². The minimum atomic E-state index is -0.724. The molecule has 0 aliphatic heterocycles. The largest absolute Gasteiger partial charge is 0.497 e. The van der Waals surface area contributed by atoms with Crippen LogP contribution in [0.1, 0.15) is 10.4 Å². The first-order chi connectivity index (χ1) is 11.9. The fourth-order valence-electron chi connectivity index (χ4n) is 1.95. The van der Waals surface area contributed by atoms with Gasteiger partial charge in [-0.2, -0.15) is 0 Å². The van der Waals surface area contributed by atoms with Crippen LogP contribution in [-0.4, -0.2) is 32.7 Å². The monoisotopic (exact) mass is 383 g/mol. The van der Waals surface area contributed by atoms with Gasteiger partial charge in [-0.3, -0.25) is 4.79 Å². The Bertz CT molecular complexity index is 795. The number of ether oxygens (including phenoxy) is 3.